The molecule has 112 valence electrons. The van der Waals surface area contributed by atoms with E-state index in [1.165, 1.54) is 16.7 Å². The van der Waals surface area contributed by atoms with E-state index in [2.05, 4.69) is 65.7 Å². The molecule has 0 aromatic heterocycles. The monoisotopic (exact) mass is 290 g/mol. The predicted molar refractivity (Wildman–Crippen MR) is 94.6 cm³/mol. The Morgan fingerprint density at radius 2 is 1.64 bits per heavy atom. The molecule has 2 nitrogen and oxygen atoms in total. The Hall–Kier alpha value is -2.35. The van der Waals surface area contributed by atoms with E-state index in [1.807, 2.05) is 0 Å². The molecular formula is C20H22N2. The maximum absolute atomic E-state index is 6.06. The van der Waals surface area contributed by atoms with E-state index in [4.69, 9.17) is 5.73 Å². The molecule has 1 aromatic rings. The van der Waals surface area contributed by atoms with Gasteiger partial charge in [-0.05, 0) is 42.4 Å². The Bertz CT molecular complexity index is 670. The van der Waals surface area contributed by atoms with Gasteiger partial charge in [0.05, 0.1) is 6.54 Å². The Labute approximate surface area is 132 Å². The van der Waals surface area contributed by atoms with Gasteiger partial charge in [-0.15, -0.1) is 0 Å². The lowest BCUT2D eigenvalue weighted by Crippen LogP contribution is -2.15. The third-order valence-corrected chi connectivity index (χ3v) is 4.00. The molecule has 2 N–H and O–H groups in total. The second-order valence-corrected chi connectivity index (χ2v) is 5.68. The molecule has 1 aromatic carbocycles. The maximum Gasteiger partial charge on any atom is 0.125 e. The second kappa shape index (κ2) is 7.08. The number of nitrogens with zero attached hydrogens (tertiary/aromatic N) is 1. The average molecular weight is 290 g/mol. The minimum absolute atomic E-state index is 0.631. The van der Waals surface area contributed by atoms with Crippen LogP contribution in [0.3, 0.4) is 0 Å². The molecule has 0 aliphatic heterocycles. The van der Waals surface area contributed by atoms with Gasteiger partial charge >= 0.3 is 0 Å². The summed E-state index contributed by atoms with van der Waals surface area (Å²) in [6, 6.07) is 8.62. The molecule has 0 atom stereocenters. The van der Waals surface area contributed by atoms with E-state index in [-0.39, 0.29) is 0 Å². The summed E-state index contributed by atoms with van der Waals surface area (Å²) >= 11 is 0. The van der Waals surface area contributed by atoms with Crippen molar-refractivity contribution >= 4 is 11.4 Å². The quantitative estimate of drug-likeness (QED) is 0.641. The van der Waals surface area contributed by atoms with Crippen molar-refractivity contribution in [3.63, 3.8) is 0 Å². The van der Waals surface area contributed by atoms with Gasteiger partial charge in [0.25, 0.3) is 0 Å². The van der Waals surface area contributed by atoms with Crippen LogP contribution < -0.4 is 5.73 Å². The summed E-state index contributed by atoms with van der Waals surface area (Å²) < 4.78 is 0. The molecule has 0 spiro atoms. The molecule has 0 unspecified atom stereocenters. The van der Waals surface area contributed by atoms with Gasteiger partial charge < -0.3 is 5.73 Å². The maximum atomic E-state index is 6.06. The molecule has 0 amide bonds. The zero-order valence-electron chi connectivity index (χ0n) is 12.8. The molecule has 22 heavy (non-hydrogen) atoms. The molecule has 0 bridgehead atoms. The second-order valence-electron chi connectivity index (χ2n) is 5.68. The number of aliphatic imine (C=N–C) groups is 1. The van der Waals surface area contributed by atoms with Gasteiger partial charge in [0.2, 0.25) is 0 Å². The first-order valence-corrected chi connectivity index (χ1v) is 7.96. The van der Waals surface area contributed by atoms with Crippen LogP contribution in [0.25, 0.3) is 5.57 Å². The third kappa shape index (κ3) is 3.64. The summed E-state index contributed by atoms with van der Waals surface area (Å²) in [4.78, 5) is 4.51. The lowest BCUT2D eigenvalue weighted by Gasteiger charge is -2.08. The van der Waals surface area contributed by atoms with Crippen LogP contribution in [0.2, 0.25) is 0 Å². The van der Waals surface area contributed by atoms with Crippen LogP contribution >= 0.6 is 0 Å². The van der Waals surface area contributed by atoms with Gasteiger partial charge in [-0.3, -0.25) is 4.99 Å². The van der Waals surface area contributed by atoms with E-state index in [0.717, 1.165) is 31.3 Å². The van der Waals surface area contributed by atoms with Crippen molar-refractivity contribution in [1.82, 2.24) is 0 Å². The van der Waals surface area contributed by atoms with E-state index < -0.39 is 0 Å². The molecule has 0 heterocycles. The topological polar surface area (TPSA) is 38.4 Å². The average Bonchev–Trinajstić information content (AvgIpc) is 2.61. The molecule has 0 radical (unpaired) electrons. The fraction of sp³-hybridized carbons (Fsp3) is 0.250. The third-order valence-electron chi connectivity index (χ3n) is 4.00. The Kier molecular flexibility index (Phi) is 4.69. The molecule has 2 aliphatic rings. The van der Waals surface area contributed by atoms with E-state index in [9.17, 15) is 0 Å². The minimum Gasteiger partial charge on any atom is -0.384 e. The largest absolute Gasteiger partial charge is 0.384 e. The van der Waals surface area contributed by atoms with Crippen LogP contribution in [-0.4, -0.2) is 5.84 Å². The molecule has 0 fully saturated rings. The zero-order valence-corrected chi connectivity index (χ0v) is 12.8. The highest BCUT2D eigenvalue weighted by Crippen LogP contribution is 2.21. The molecule has 2 heteroatoms. The summed E-state index contributed by atoms with van der Waals surface area (Å²) in [7, 11) is 0. The van der Waals surface area contributed by atoms with Crippen molar-refractivity contribution < 1.29 is 0 Å². The fourth-order valence-electron chi connectivity index (χ4n) is 2.70. The minimum atomic E-state index is 0.631. The molecule has 0 saturated carbocycles. The summed E-state index contributed by atoms with van der Waals surface area (Å²) in [6.45, 7) is 0.631. The van der Waals surface area contributed by atoms with Gasteiger partial charge in [-0.2, -0.15) is 0 Å². The normalized spacial score (nSPS) is 18.1. The smallest absolute Gasteiger partial charge is 0.125 e. The van der Waals surface area contributed by atoms with Crippen molar-refractivity contribution in [2.24, 2.45) is 10.7 Å². The summed E-state index contributed by atoms with van der Waals surface area (Å²) in [6.07, 6.45) is 17.6. The predicted octanol–water partition coefficient (Wildman–Crippen LogP) is 4.55. The number of amidine groups is 1. The van der Waals surface area contributed by atoms with Crippen LogP contribution in [0.5, 0.6) is 0 Å². The summed E-state index contributed by atoms with van der Waals surface area (Å²) in [5, 5.41) is 0. The first-order chi connectivity index (χ1) is 10.8. The first-order valence-electron chi connectivity index (χ1n) is 7.96. The Balaban J connectivity index is 1.66. The molecule has 2 aliphatic carbocycles. The highest BCUT2D eigenvalue weighted by Gasteiger charge is 2.03. The molecule has 3 rings (SSSR count). The van der Waals surface area contributed by atoms with Crippen molar-refractivity contribution in [2.75, 3.05) is 0 Å². The fourth-order valence-corrected chi connectivity index (χ4v) is 2.70. The number of benzene rings is 1. The van der Waals surface area contributed by atoms with Gasteiger partial charge in [-0.25, -0.2) is 0 Å². The zero-order chi connectivity index (χ0) is 15.2. The SMILES string of the molecule is NC(=NCc1ccc(C2=CCCC=C2)cc1)C1=CCCC=C1. The van der Waals surface area contributed by atoms with Crippen LogP contribution in [0, 0.1) is 0 Å². The van der Waals surface area contributed by atoms with Crippen molar-refractivity contribution in [3.8, 4) is 0 Å². The highest BCUT2D eigenvalue weighted by molar-refractivity contribution is 5.99. The number of hydrogen-bond acceptors (Lipinski definition) is 1. The van der Waals surface area contributed by atoms with Gasteiger partial charge in [-0.1, -0.05) is 60.7 Å². The number of rotatable bonds is 4. The van der Waals surface area contributed by atoms with Crippen molar-refractivity contribution in [3.05, 3.63) is 77.4 Å². The summed E-state index contributed by atoms with van der Waals surface area (Å²) in [5.41, 5.74) is 10.9. The summed E-state index contributed by atoms with van der Waals surface area (Å²) in [5.74, 6) is 0.637. The lowest BCUT2D eigenvalue weighted by molar-refractivity contribution is 1.02. The van der Waals surface area contributed by atoms with Crippen molar-refractivity contribution in [2.45, 2.75) is 32.2 Å². The van der Waals surface area contributed by atoms with E-state index in [0.29, 0.717) is 12.4 Å². The molecular weight excluding hydrogens is 268 g/mol. The molecule has 0 saturated heterocycles. The highest BCUT2D eigenvalue weighted by atomic mass is 14.8. The number of hydrogen-bond donors (Lipinski definition) is 1. The van der Waals surface area contributed by atoms with Gasteiger partial charge in [0.15, 0.2) is 0 Å². The number of allylic oxidation sites excluding steroid dienone is 6. The first kappa shape index (κ1) is 14.6. The van der Waals surface area contributed by atoms with Crippen LogP contribution in [-0.2, 0) is 6.54 Å². The van der Waals surface area contributed by atoms with Crippen LogP contribution in [0.15, 0.2) is 71.3 Å². The lowest BCUT2D eigenvalue weighted by atomic mass is 9.99. The van der Waals surface area contributed by atoms with Crippen molar-refractivity contribution in [1.29, 1.82) is 0 Å². The van der Waals surface area contributed by atoms with Crippen LogP contribution in [0.4, 0.5) is 0 Å². The van der Waals surface area contributed by atoms with Crippen LogP contribution in [0.1, 0.15) is 36.8 Å². The standard InChI is InChI=1S/C20H22N2/c21-20(19-9-5-2-6-10-19)22-15-16-11-13-18(14-12-16)17-7-3-1-4-8-17/h3,5,7-14H,1-2,4,6,15H2,(H2,21,22). The number of nitrogens with two attached hydrogens (primary N) is 1. The Morgan fingerprint density at radius 1 is 0.909 bits per heavy atom. The van der Waals surface area contributed by atoms with Gasteiger partial charge in [0.1, 0.15) is 5.84 Å². The Morgan fingerprint density at radius 3 is 2.27 bits per heavy atom. The van der Waals surface area contributed by atoms with Gasteiger partial charge in [0, 0.05) is 5.57 Å². The van der Waals surface area contributed by atoms with E-state index in [1.54, 1.807) is 0 Å². The van der Waals surface area contributed by atoms with E-state index >= 15 is 0 Å².